The van der Waals surface area contributed by atoms with Gasteiger partial charge in [0.05, 0.1) is 0 Å². The molecule has 0 saturated carbocycles. The molecule has 2 unspecified atom stereocenters. The Morgan fingerprint density at radius 2 is 1.44 bits per heavy atom. The van der Waals surface area contributed by atoms with Crippen LogP contribution in [0.15, 0.2) is 0 Å². The van der Waals surface area contributed by atoms with Crippen molar-refractivity contribution in [3.8, 4) is 0 Å². The van der Waals surface area contributed by atoms with Crippen molar-refractivity contribution in [3.63, 3.8) is 0 Å². The molecule has 0 fully saturated rings. The molecule has 16 heavy (non-hydrogen) atoms. The highest BCUT2D eigenvalue weighted by molar-refractivity contribution is 7.37. The molecule has 0 amide bonds. The summed E-state index contributed by atoms with van der Waals surface area (Å²) < 4.78 is 0. The Labute approximate surface area is 106 Å². The third-order valence-electron chi connectivity index (χ3n) is 3.23. The Morgan fingerprint density at radius 3 is 2.06 bits per heavy atom. The van der Waals surface area contributed by atoms with E-state index < -0.39 is 0 Å². The van der Waals surface area contributed by atoms with E-state index >= 15 is 0 Å². The van der Waals surface area contributed by atoms with Crippen LogP contribution in [-0.2, 0) is 0 Å². The maximum atomic E-state index is 2.42. The normalized spacial score (nSPS) is 13.7. The molecule has 0 saturated heterocycles. The summed E-state index contributed by atoms with van der Waals surface area (Å²) in [6, 6.07) is 0. The van der Waals surface area contributed by atoms with Gasteiger partial charge in [0.1, 0.15) is 0 Å². The lowest BCUT2D eigenvalue weighted by Crippen LogP contribution is -1.96. The Kier molecular flexibility index (Phi) is 13.9. The molecule has 1 heteroatoms. The first-order chi connectivity index (χ1) is 7.81. The summed E-state index contributed by atoms with van der Waals surface area (Å²) in [6.45, 7) is 7.01. The molecule has 0 aliphatic carbocycles. The molecule has 0 aliphatic heterocycles. The molecular formula is C15H33P. The average molecular weight is 244 g/mol. The predicted octanol–water partition coefficient (Wildman–Crippen LogP) is 5.85. The third kappa shape index (κ3) is 12.5. The van der Waals surface area contributed by atoms with Crippen LogP contribution in [0.5, 0.6) is 0 Å². The first-order valence-electron chi connectivity index (χ1n) is 7.52. The molecule has 2 atom stereocenters. The molecule has 0 aromatic carbocycles. The number of hydrogen-bond acceptors (Lipinski definition) is 0. The lowest BCUT2D eigenvalue weighted by Gasteiger charge is -2.09. The molecule has 0 radical (unpaired) electrons. The monoisotopic (exact) mass is 244 g/mol. The van der Waals surface area contributed by atoms with Crippen LogP contribution < -0.4 is 0 Å². The van der Waals surface area contributed by atoms with Gasteiger partial charge in [-0.15, -0.1) is 8.58 Å². The van der Waals surface area contributed by atoms with Gasteiger partial charge in [-0.25, -0.2) is 0 Å². The van der Waals surface area contributed by atoms with Crippen molar-refractivity contribution in [2.45, 2.75) is 78.6 Å². The van der Waals surface area contributed by atoms with Crippen LogP contribution in [0.4, 0.5) is 0 Å². The van der Waals surface area contributed by atoms with Crippen LogP contribution in [0, 0.1) is 5.92 Å². The molecule has 0 heterocycles. The maximum absolute atomic E-state index is 2.42. The van der Waals surface area contributed by atoms with Crippen molar-refractivity contribution in [1.82, 2.24) is 0 Å². The van der Waals surface area contributed by atoms with Crippen LogP contribution in [-0.4, -0.2) is 12.3 Å². The summed E-state index contributed by atoms with van der Waals surface area (Å²) in [7, 11) is 1.23. The minimum Gasteiger partial charge on any atom is -0.122 e. The van der Waals surface area contributed by atoms with E-state index in [-0.39, 0.29) is 0 Å². The van der Waals surface area contributed by atoms with E-state index in [9.17, 15) is 0 Å². The van der Waals surface area contributed by atoms with Crippen molar-refractivity contribution in [2.75, 3.05) is 12.3 Å². The number of unbranched alkanes of at least 4 members (excludes halogenated alkanes) is 6. The zero-order valence-electron chi connectivity index (χ0n) is 11.9. The summed E-state index contributed by atoms with van der Waals surface area (Å²) in [5.41, 5.74) is 0. The molecule has 98 valence electrons. The second kappa shape index (κ2) is 13.5. The van der Waals surface area contributed by atoms with Crippen molar-refractivity contribution in [2.24, 2.45) is 5.92 Å². The summed E-state index contributed by atoms with van der Waals surface area (Å²) in [5, 5.41) is 0. The van der Waals surface area contributed by atoms with Crippen molar-refractivity contribution < 1.29 is 0 Å². The van der Waals surface area contributed by atoms with Gasteiger partial charge in [0.25, 0.3) is 0 Å². The van der Waals surface area contributed by atoms with Crippen molar-refractivity contribution in [1.29, 1.82) is 0 Å². The van der Waals surface area contributed by atoms with E-state index in [0.29, 0.717) is 0 Å². The fourth-order valence-electron chi connectivity index (χ4n) is 2.15. The van der Waals surface area contributed by atoms with Gasteiger partial charge in [0, 0.05) is 0 Å². The van der Waals surface area contributed by atoms with Gasteiger partial charge in [0.15, 0.2) is 0 Å². The van der Waals surface area contributed by atoms with Crippen LogP contribution in [0.25, 0.3) is 0 Å². The topological polar surface area (TPSA) is 0 Å². The molecule has 0 aliphatic rings. The molecular weight excluding hydrogens is 211 g/mol. The van der Waals surface area contributed by atoms with Crippen LogP contribution in [0.2, 0.25) is 0 Å². The van der Waals surface area contributed by atoms with E-state index in [4.69, 9.17) is 0 Å². The zero-order valence-corrected chi connectivity index (χ0v) is 12.9. The largest absolute Gasteiger partial charge is 0.122 e. The van der Waals surface area contributed by atoms with E-state index in [1.54, 1.807) is 0 Å². The third-order valence-corrected chi connectivity index (χ3v) is 4.92. The summed E-state index contributed by atoms with van der Waals surface area (Å²) >= 11 is 0. The van der Waals surface area contributed by atoms with Gasteiger partial charge in [-0.3, -0.25) is 0 Å². The standard InChI is InChI=1S/C15H33P/c1-4-6-7-8-9-10-11-13-16-14-15(3)12-5-2/h15-16H,4-14H2,1-3H3. The first-order valence-corrected chi connectivity index (χ1v) is 8.93. The molecule has 0 N–H and O–H groups in total. The van der Waals surface area contributed by atoms with Gasteiger partial charge in [-0.1, -0.05) is 72.1 Å². The Hall–Kier alpha value is 0.430. The van der Waals surface area contributed by atoms with E-state index in [1.807, 2.05) is 0 Å². The summed E-state index contributed by atoms with van der Waals surface area (Å²) in [5.74, 6) is 0.980. The second-order valence-corrected chi connectivity index (χ2v) is 6.63. The second-order valence-electron chi connectivity index (χ2n) is 5.22. The fourth-order valence-corrected chi connectivity index (χ4v) is 3.55. The Morgan fingerprint density at radius 1 is 0.812 bits per heavy atom. The Bertz CT molecular complexity index is 123. The maximum Gasteiger partial charge on any atom is -0.0328 e. The van der Waals surface area contributed by atoms with Crippen LogP contribution >= 0.6 is 8.58 Å². The molecule has 0 nitrogen and oxygen atoms in total. The van der Waals surface area contributed by atoms with E-state index in [0.717, 1.165) is 5.92 Å². The van der Waals surface area contributed by atoms with Crippen molar-refractivity contribution in [3.05, 3.63) is 0 Å². The van der Waals surface area contributed by atoms with Gasteiger partial charge < -0.3 is 0 Å². The highest BCUT2D eigenvalue weighted by Gasteiger charge is 1.99. The van der Waals surface area contributed by atoms with Crippen LogP contribution in [0.3, 0.4) is 0 Å². The predicted molar refractivity (Wildman–Crippen MR) is 80.1 cm³/mol. The molecule has 0 aromatic rings. The molecule has 0 aromatic heterocycles. The average Bonchev–Trinajstić information content (AvgIpc) is 2.27. The van der Waals surface area contributed by atoms with Gasteiger partial charge in [-0.05, 0) is 24.7 Å². The first kappa shape index (κ1) is 16.4. The highest BCUT2D eigenvalue weighted by atomic mass is 31.1. The SMILES string of the molecule is CCCCCCCCCPCC(C)CCC. The highest BCUT2D eigenvalue weighted by Crippen LogP contribution is 2.20. The summed E-state index contributed by atoms with van der Waals surface area (Å²) in [6.07, 6.45) is 16.0. The van der Waals surface area contributed by atoms with Gasteiger partial charge in [-0.2, -0.15) is 0 Å². The number of hydrogen-bond donors (Lipinski definition) is 0. The van der Waals surface area contributed by atoms with Crippen LogP contribution in [0.1, 0.15) is 78.6 Å². The van der Waals surface area contributed by atoms with Crippen molar-refractivity contribution >= 4 is 8.58 Å². The van der Waals surface area contributed by atoms with E-state index in [1.165, 1.54) is 78.7 Å². The minimum atomic E-state index is 0.980. The zero-order chi connectivity index (χ0) is 12.1. The molecule has 0 rings (SSSR count). The minimum absolute atomic E-state index is 0.980. The number of rotatable bonds is 12. The van der Waals surface area contributed by atoms with Gasteiger partial charge in [0.2, 0.25) is 0 Å². The quantitative estimate of drug-likeness (QED) is 0.298. The Balaban J connectivity index is 2.98. The molecule has 0 bridgehead atoms. The molecule has 0 spiro atoms. The lowest BCUT2D eigenvalue weighted by molar-refractivity contribution is 0.581. The fraction of sp³-hybridized carbons (Fsp3) is 1.00. The summed E-state index contributed by atoms with van der Waals surface area (Å²) in [4.78, 5) is 0. The van der Waals surface area contributed by atoms with Gasteiger partial charge >= 0.3 is 0 Å². The lowest BCUT2D eigenvalue weighted by atomic mass is 10.1. The smallest absolute Gasteiger partial charge is 0.0328 e. The van der Waals surface area contributed by atoms with E-state index in [2.05, 4.69) is 20.8 Å².